The minimum atomic E-state index is 0.811. The highest BCUT2D eigenvalue weighted by atomic mass is 14.2. The molecule has 0 N–H and O–H groups in total. The summed E-state index contributed by atoms with van der Waals surface area (Å²) in [5.41, 5.74) is 3.10. The fourth-order valence-electron chi connectivity index (χ4n) is 3.24. The van der Waals surface area contributed by atoms with E-state index in [1.165, 1.54) is 63.4 Å². The maximum atomic E-state index is 2.45. The average molecular weight is 258 g/mol. The van der Waals surface area contributed by atoms with Gasteiger partial charge in [0.05, 0.1) is 0 Å². The SMILES string of the molecule is CC(C)CCc1cccc(CCC2CCCCC2)c1. The predicted octanol–water partition coefficient (Wildman–Crippen LogP) is 5.79. The van der Waals surface area contributed by atoms with E-state index in [-0.39, 0.29) is 0 Å². The number of aryl methyl sites for hydroxylation is 2. The minimum Gasteiger partial charge on any atom is -0.0628 e. The Kier molecular flexibility index (Phi) is 5.94. The Bertz CT molecular complexity index is 358. The Labute approximate surface area is 119 Å². The highest BCUT2D eigenvalue weighted by Gasteiger charge is 2.13. The van der Waals surface area contributed by atoms with Gasteiger partial charge in [-0.3, -0.25) is 0 Å². The molecule has 0 atom stereocenters. The Morgan fingerprint density at radius 1 is 1.00 bits per heavy atom. The molecule has 0 aromatic heterocycles. The van der Waals surface area contributed by atoms with Crippen LogP contribution in [0.3, 0.4) is 0 Å². The van der Waals surface area contributed by atoms with Crippen molar-refractivity contribution < 1.29 is 0 Å². The van der Waals surface area contributed by atoms with E-state index < -0.39 is 0 Å². The lowest BCUT2D eigenvalue weighted by molar-refractivity contribution is 0.339. The largest absolute Gasteiger partial charge is 0.0628 e. The van der Waals surface area contributed by atoms with Gasteiger partial charge in [-0.1, -0.05) is 70.2 Å². The van der Waals surface area contributed by atoms with Crippen LogP contribution in [0, 0.1) is 11.8 Å². The van der Waals surface area contributed by atoms with Crippen molar-refractivity contribution in [2.45, 2.75) is 71.6 Å². The second-order valence-electron chi connectivity index (χ2n) is 6.80. The van der Waals surface area contributed by atoms with Crippen molar-refractivity contribution in [3.05, 3.63) is 35.4 Å². The van der Waals surface area contributed by atoms with Crippen LogP contribution in [-0.4, -0.2) is 0 Å². The molecule has 1 aliphatic carbocycles. The lowest BCUT2D eigenvalue weighted by Crippen LogP contribution is -2.07. The molecule has 1 aliphatic rings. The molecule has 0 heteroatoms. The first-order chi connectivity index (χ1) is 9.24. The van der Waals surface area contributed by atoms with Crippen LogP contribution in [0.4, 0.5) is 0 Å². The molecule has 1 aromatic carbocycles. The zero-order chi connectivity index (χ0) is 13.5. The van der Waals surface area contributed by atoms with Gasteiger partial charge in [-0.2, -0.15) is 0 Å². The molecular formula is C19H30. The monoisotopic (exact) mass is 258 g/mol. The van der Waals surface area contributed by atoms with Gasteiger partial charge in [0.1, 0.15) is 0 Å². The van der Waals surface area contributed by atoms with E-state index in [9.17, 15) is 0 Å². The summed E-state index contributed by atoms with van der Waals surface area (Å²) in [5.74, 6) is 1.82. The van der Waals surface area contributed by atoms with E-state index in [1.807, 2.05) is 0 Å². The van der Waals surface area contributed by atoms with E-state index in [0.717, 1.165) is 11.8 Å². The second kappa shape index (κ2) is 7.72. The maximum Gasteiger partial charge on any atom is -0.0276 e. The highest BCUT2D eigenvalue weighted by molar-refractivity contribution is 5.23. The first-order valence-corrected chi connectivity index (χ1v) is 8.32. The van der Waals surface area contributed by atoms with Crippen LogP contribution >= 0.6 is 0 Å². The molecule has 0 bridgehead atoms. The zero-order valence-electron chi connectivity index (χ0n) is 12.8. The lowest BCUT2D eigenvalue weighted by Gasteiger charge is -2.21. The molecule has 0 saturated heterocycles. The summed E-state index contributed by atoms with van der Waals surface area (Å²) in [7, 11) is 0. The molecule has 106 valence electrons. The Balaban J connectivity index is 1.80. The van der Waals surface area contributed by atoms with E-state index in [1.54, 1.807) is 5.56 Å². The molecule has 1 saturated carbocycles. The quantitative estimate of drug-likeness (QED) is 0.606. The molecular weight excluding hydrogens is 228 g/mol. The van der Waals surface area contributed by atoms with Crippen molar-refractivity contribution in [2.75, 3.05) is 0 Å². The lowest BCUT2D eigenvalue weighted by atomic mass is 9.85. The molecule has 0 aliphatic heterocycles. The summed E-state index contributed by atoms with van der Waals surface area (Å²) in [6.45, 7) is 4.62. The number of hydrogen-bond acceptors (Lipinski definition) is 0. The van der Waals surface area contributed by atoms with Crippen LogP contribution in [0.15, 0.2) is 24.3 Å². The molecule has 0 heterocycles. The topological polar surface area (TPSA) is 0 Å². The van der Waals surface area contributed by atoms with Gasteiger partial charge < -0.3 is 0 Å². The summed E-state index contributed by atoms with van der Waals surface area (Å²) in [6.07, 6.45) is 12.6. The molecule has 0 nitrogen and oxygen atoms in total. The van der Waals surface area contributed by atoms with Crippen molar-refractivity contribution >= 4 is 0 Å². The molecule has 19 heavy (non-hydrogen) atoms. The highest BCUT2D eigenvalue weighted by Crippen LogP contribution is 2.27. The standard InChI is InChI=1S/C19H30/c1-16(2)11-12-18-9-6-10-19(15-18)14-13-17-7-4-3-5-8-17/h6,9-10,15-17H,3-5,7-8,11-14H2,1-2H3. The van der Waals surface area contributed by atoms with Crippen LogP contribution in [0.2, 0.25) is 0 Å². The Morgan fingerprint density at radius 3 is 2.37 bits per heavy atom. The summed E-state index contributed by atoms with van der Waals surface area (Å²) >= 11 is 0. The van der Waals surface area contributed by atoms with Crippen LogP contribution < -0.4 is 0 Å². The third kappa shape index (κ3) is 5.38. The van der Waals surface area contributed by atoms with Crippen molar-refractivity contribution in [1.29, 1.82) is 0 Å². The molecule has 0 spiro atoms. The third-order valence-electron chi connectivity index (χ3n) is 4.57. The molecule has 0 radical (unpaired) electrons. The first kappa shape index (κ1) is 14.6. The van der Waals surface area contributed by atoms with Crippen molar-refractivity contribution in [2.24, 2.45) is 11.8 Å². The van der Waals surface area contributed by atoms with Crippen molar-refractivity contribution in [3.8, 4) is 0 Å². The van der Waals surface area contributed by atoms with Gasteiger partial charge in [-0.25, -0.2) is 0 Å². The van der Waals surface area contributed by atoms with Gasteiger partial charge >= 0.3 is 0 Å². The summed E-state index contributed by atoms with van der Waals surface area (Å²) in [5, 5.41) is 0. The summed E-state index contributed by atoms with van der Waals surface area (Å²) in [6, 6.07) is 9.32. The van der Waals surface area contributed by atoms with Gasteiger partial charge in [0.25, 0.3) is 0 Å². The summed E-state index contributed by atoms with van der Waals surface area (Å²) in [4.78, 5) is 0. The van der Waals surface area contributed by atoms with E-state index >= 15 is 0 Å². The zero-order valence-corrected chi connectivity index (χ0v) is 12.8. The van der Waals surface area contributed by atoms with E-state index in [4.69, 9.17) is 0 Å². The van der Waals surface area contributed by atoms with Crippen LogP contribution in [0.1, 0.15) is 69.9 Å². The number of hydrogen-bond donors (Lipinski definition) is 0. The second-order valence-corrected chi connectivity index (χ2v) is 6.80. The fourth-order valence-corrected chi connectivity index (χ4v) is 3.24. The average Bonchev–Trinajstić information content (AvgIpc) is 2.44. The minimum absolute atomic E-state index is 0.811. The molecule has 0 amide bonds. The normalized spacial score (nSPS) is 17.0. The molecule has 2 rings (SSSR count). The van der Waals surface area contributed by atoms with E-state index in [0.29, 0.717) is 0 Å². The van der Waals surface area contributed by atoms with Gasteiger partial charge in [-0.05, 0) is 48.6 Å². The van der Waals surface area contributed by atoms with Crippen molar-refractivity contribution in [3.63, 3.8) is 0 Å². The molecule has 0 unspecified atom stereocenters. The number of benzene rings is 1. The van der Waals surface area contributed by atoms with Crippen LogP contribution in [0.25, 0.3) is 0 Å². The Hall–Kier alpha value is -0.780. The van der Waals surface area contributed by atoms with Gasteiger partial charge in [0.2, 0.25) is 0 Å². The van der Waals surface area contributed by atoms with Crippen LogP contribution in [0.5, 0.6) is 0 Å². The van der Waals surface area contributed by atoms with Crippen LogP contribution in [-0.2, 0) is 12.8 Å². The third-order valence-corrected chi connectivity index (χ3v) is 4.57. The van der Waals surface area contributed by atoms with E-state index in [2.05, 4.69) is 38.1 Å². The fraction of sp³-hybridized carbons (Fsp3) is 0.684. The maximum absolute atomic E-state index is 2.45. The Morgan fingerprint density at radius 2 is 1.68 bits per heavy atom. The van der Waals surface area contributed by atoms with Gasteiger partial charge in [0, 0.05) is 0 Å². The van der Waals surface area contributed by atoms with Crippen molar-refractivity contribution in [1.82, 2.24) is 0 Å². The summed E-state index contributed by atoms with van der Waals surface area (Å²) < 4.78 is 0. The van der Waals surface area contributed by atoms with Gasteiger partial charge in [0.15, 0.2) is 0 Å². The van der Waals surface area contributed by atoms with Gasteiger partial charge in [-0.15, -0.1) is 0 Å². The molecule has 1 aromatic rings. The number of rotatable bonds is 6. The first-order valence-electron chi connectivity index (χ1n) is 8.32. The predicted molar refractivity (Wildman–Crippen MR) is 84.5 cm³/mol. The smallest absolute Gasteiger partial charge is 0.0276 e. The molecule has 1 fully saturated rings.